The summed E-state index contributed by atoms with van der Waals surface area (Å²) in [7, 11) is 0. The number of hydrogen-bond acceptors (Lipinski definition) is 4. The monoisotopic (exact) mass is 400 g/mol. The van der Waals surface area contributed by atoms with Crippen LogP contribution in [0.2, 0.25) is 0 Å². The molecule has 1 heterocycles. The van der Waals surface area contributed by atoms with Crippen molar-refractivity contribution in [2.45, 2.75) is 86.5 Å². The Bertz CT molecular complexity index is 712. The number of Topliss-reactive ketones (excluding diaryl/α,β-unsaturated/α-hetero) is 1. The predicted octanol–water partition coefficient (Wildman–Crippen LogP) is 5.89. The third-order valence-corrected chi connectivity index (χ3v) is 6.07. The van der Waals surface area contributed by atoms with E-state index in [1.54, 1.807) is 6.20 Å². The minimum atomic E-state index is 0.0676. The Kier molecular flexibility index (Phi) is 8.57. The maximum atomic E-state index is 12.4. The van der Waals surface area contributed by atoms with Crippen molar-refractivity contribution in [3.8, 4) is 0 Å². The molecule has 1 fully saturated rings. The quantitative estimate of drug-likeness (QED) is 0.437. The zero-order chi connectivity index (χ0) is 21.6. The molecule has 3 rings (SSSR count). The summed E-state index contributed by atoms with van der Waals surface area (Å²) in [5.41, 5.74) is 3.73. The Morgan fingerprint density at radius 3 is 2.41 bits per heavy atom. The summed E-state index contributed by atoms with van der Waals surface area (Å²) in [6, 6.07) is 0. The molecule has 1 aromatic rings. The third-order valence-electron chi connectivity index (χ3n) is 6.07. The second-order valence-electron chi connectivity index (χ2n) is 10.2. The highest BCUT2D eigenvalue weighted by Gasteiger charge is 2.25. The summed E-state index contributed by atoms with van der Waals surface area (Å²) >= 11 is 0. The lowest BCUT2D eigenvalue weighted by molar-refractivity contribution is 0.0972. The first-order valence-electron chi connectivity index (χ1n) is 11.3. The molecule has 0 saturated heterocycles. The first-order chi connectivity index (χ1) is 13.6. The van der Waals surface area contributed by atoms with Crippen LogP contribution in [0.3, 0.4) is 0 Å². The molecule has 2 aliphatic carbocycles. The van der Waals surface area contributed by atoms with E-state index in [-0.39, 0.29) is 17.8 Å². The van der Waals surface area contributed by atoms with Crippen LogP contribution in [-0.4, -0.2) is 27.5 Å². The van der Waals surface area contributed by atoms with Crippen molar-refractivity contribution in [2.75, 3.05) is 6.61 Å². The van der Waals surface area contributed by atoms with Crippen LogP contribution in [0.25, 0.3) is 6.08 Å². The van der Waals surface area contributed by atoms with E-state index < -0.39 is 0 Å². The molecule has 1 atom stereocenters. The van der Waals surface area contributed by atoms with Gasteiger partial charge in [-0.25, -0.2) is 4.98 Å². The number of carbonyl (C=O) groups excluding carboxylic acids is 1. The van der Waals surface area contributed by atoms with Crippen molar-refractivity contribution < 1.29 is 9.90 Å². The molecule has 1 aromatic heterocycles. The van der Waals surface area contributed by atoms with Gasteiger partial charge in [-0.3, -0.25) is 9.78 Å². The number of ketones is 1. The molecule has 1 N–H and O–H groups in total. The SMILES string of the molecule is CC(C)C(CO)CCCCC(=O)c1cnc2c(n1)C=C(C(C)(C)C)C2.CC1CC1. The van der Waals surface area contributed by atoms with Crippen molar-refractivity contribution in [3.05, 3.63) is 28.9 Å². The van der Waals surface area contributed by atoms with Crippen LogP contribution in [0.5, 0.6) is 0 Å². The zero-order valence-electron chi connectivity index (χ0n) is 19.3. The Hall–Kier alpha value is -1.55. The maximum Gasteiger partial charge on any atom is 0.182 e. The van der Waals surface area contributed by atoms with Crippen molar-refractivity contribution in [1.82, 2.24) is 9.97 Å². The summed E-state index contributed by atoms with van der Waals surface area (Å²) in [6.45, 7) is 13.3. The molecule has 1 unspecified atom stereocenters. The van der Waals surface area contributed by atoms with Crippen LogP contribution in [0.4, 0.5) is 0 Å². The lowest BCUT2D eigenvalue weighted by atomic mass is 9.86. The Balaban J connectivity index is 0.000000666. The number of fused-ring (bicyclic) bond motifs is 1. The fourth-order valence-electron chi connectivity index (χ4n) is 3.31. The van der Waals surface area contributed by atoms with Gasteiger partial charge < -0.3 is 5.11 Å². The van der Waals surface area contributed by atoms with Gasteiger partial charge >= 0.3 is 0 Å². The third kappa shape index (κ3) is 7.65. The van der Waals surface area contributed by atoms with E-state index in [4.69, 9.17) is 0 Å². The molecule has 0 aromatic carbocycles. The molecule has 1 saturated carbocycles. The van der Waals surface area contributed by atoms with Gasteiger partial charge in [0.2, 0.25) is 0 Å². The number of unbranched alkanes of at least 4 members (excludes halogenated alkanes) is 1. The maximum absolute atomic E-state index is 12.4. The number of nitrogens with zero attached hydrogens (tertiary/aromatic N) is 2. The number of carbonyl (C=O) groups is 1. The number of allylic oxidation sites excluding steroid dienone is 1. The molecule has 4 heteroatoms. The van der Waals surface area contributed by atoms with Gasteiger partial charge in [-0.05, 0) is 42.1 Å². The predicted molar refractivity (Wildman–Crippen MR) is 120 cm³/mol. The van der Waals surface area contributed by atoms with Gasteiger partial charge in [-0.15, -0.1) is 0 Å². The van der Waals surface area contributed by atoms with E-state index in [2.05, 4.69) is 57.6 Å². The zero-order valence-corrected chi connectivity index (χ0v) is 19.3. The second kappa shape index (κ2) is 10.5. The summed E-state index contributed by atoms with van der Waals surface area (Å²) in [5, 5.41) is 9.36. The minimum absolute atomic E-state index is 0.0676. The van der Waals surface area contributed by atoms with Crippen molar-refractivity contribution in [3.63, 3.8) is 0 Å². The van der Waals surface area contributed by atoms with Crippen molar-refractivity contribution in [1.29, 1.82) is 0 Å². The number of aliphatic hydroxyl groups excluding tert-OH is 1. The second-order valence-corrected chi connectivity index (χ2v) is 10.2. The van der Waals surface area contributed by atoms with Gasteiger partial charge in [-0.2, -0.15) is 0 Å². The molecular formula is C25H40N2O2. The van der Waals surface area contributed by atoms with Crippen LogP contribution >= 0.6 is 0 Å². The normalized spacial score (nSPS) is 16.8. The van der Waals surface area contributed by atoms with Gasteiger partial charge in [0.05, 0.1) is 17.6 Å². The van der Waals surface area contributed by atoms with Gasteiger partial charge in [0.25, 0.3) is 0 Å². The van der Waals surface area contributed by atoms with E-state index in [9.17, 15) is 9.90 Å². The van der Waals surface area contributed by atoms with E-state index in [1.165, 1.54) is 18.4 Å². The topological polar surface area (TPSA) is 63.1 Å². The first-order valence-corrected chi connectivity index (χ1v) is 11.3. The molecule has 162 valence electrons. The van der Waals surface area contributed by atoms with Crippen LogP contribution in [-0.2, 0) is 6.42 Å². The average Bonchev–Trinajstić information content (AvgIpc) is 3.30. The van der Waals surface area contributed by atoms with Gasteiger partial charge in [-0.1, -0.05) is 66.4 Å². The standard InChI is InChI=1S/C21H32N2O2.C4H8/c1-14(2)15(13-24)8-6-7-9-20(25)19-12-22-17-10-16(21(3,4)5)11-18(17)23-19;1-4-2-3-4/h11-12,14-15,24H,6-10,13H2,1-5H3;4H,2-3H2,1H3. The van der Waals surface area contributed by atoms with E-state index in [1.807, 2.05) is 0 Å². The van der Waals surface area contributed by atoms with Crippen LogP contribution in [0, 0.1) is 23.2 Å². The summed E-state index contributed by atoms with van der Waals surface area (Å²) < 4.78 is 0. The Morgan fingerprint density at radius 1 is 1.24 bits per heavy atom. The van der Waals surface area contributed by atoms with Crippen LogP contribution in [0.1, 0.15) is 102 Å². The molecular weight excluding hydrogens is 360 g/mol. The molecule has 4 nitrogen and oxygen atoms in total. The first kappa shape index (κ1) is 23.7. The summed E-state index contributed by atoms with van der Waals surface area (Å²) in [6.07, 6.45) is 10.8. The van der Waals surface area contributed by atoms with E-state index in [0.29, 0.717) is 24.0 Å². The molecule has 29 heavy (non-hydrogen) atoms. The smallest absolute Gasteiger partial charge is 0.182 e. The molecule has 0 amide bonds. The van der Waals surface area contributed by atoms with Crippen molar-refractivity contribution >= 4 is 11.9 Å². The highest BCUT2D eigenvalue weighted by molar-refractivity contribution is 5.94. The van der Waals surface area contributed by atoms with E-state index in [0.717, 1.165) is 43.0 Å². The molecule has 0 radical (unpaired) electrons. The Labute approximate surface area is 177 Å². The van der Waals surface area contributed by atoms with Gasteiger partial charge in [0, 0.05) is 19.4 Å². The molecule has 2 aliphatic rings. The summed E-state index contributed by atoms with van der Waals surface area (Å²) in [5.74, 6) is 1.96. The average molecular weight is 401 g/mol. The molecule has 0 aliphatic heterocycles. The minimum Gasteiger partial charge on any atom is -0.396 e. The Morgan fingerprint density at radius 2 is 1.90 bits per heavy atom. The highest BCUT2D eigenvalue weighted by atomic mass is 16.3. The number of hydrogen-bond donors (Lipinski definition) is 1. The lowest BCUT2D eigenvalue weighted by Crippen LogP contribution is -2.13. The van der Waals surface area contributed by atoms with Crippen molar-refractivity contribution in [2.24, 2.45) is 23.2 Å². The highest BCUT2D eigenvalue weighted by Crippen LogP contribution is 2.34. The van der Waals surface area contributed by atoms with Crippen LogP contribution < -0.4 is 0 Å². The van der Waals surface area contributed by atoms with E-state index >= 15 is 0 Å². The number of aliphatic hydroxyl groups is 1. The van der Waals surface area contributed by atoms with Gasteiger partial charge in [0.1, 0.15) is 5.69 Å². The lowest BCUT2D eigenvalue weighted by Gasteiger charge is -2.19. The fourth-order valence-corrected chi connectivity index (χ4v) is 3.31. The summed E-state index contributed by atoms with van der Waals surface area (Å²) in [4.78, 5) is 21.4. The molecule has 0 spiro atoms. The molecule has 0 bridgehead atoms. The number of aromatic nitrogens is 2. The fraction of sp³-hybridized carbons (Fsp3) is 0.720. The van der Waals surface area contributed by atoms with Crippen LogP contribution in [0.15, 0.2) is 11.8 Å². The largest absolute Gasteiger partial charge is 0.396 e. The van der Waals surface area contributed by atoms with Gasteiger partial charge in [0.15, 0.2) is 5.78 Å². The number of rotatable bonds is 8.